The van der Waals surface area contributed by atoms with Crippen molar-refractivity contribution in [1.82, 2.24) is 16.0 Å². The van der Waals surface area contributed by atoms with Gasteiger partial charge in [-0.15, -0.1) is 0 Å². The van der Waals surface area contributed by atoms with Crippen molar-refractivity contribution < 1.29 is 28.7 Å². The lowest BCUT2D eigenvalue weighted by atomic mass is 9.94. The Balaban J connectivity index is 1.32. The summed E-state index contributed by atoms with van der Waals surface area (Å²) in [7, 11) is 1.57. The van der Waals surface area contributed by atoms with Crippen molar-refractivity contribution >= 4 is 23.5 Å². The molecule has 0 radical (unpaired) electrons. The molecule has 3 aliphatic rings. The van der Waals surface area contributed by atoms with Crippen molar-refractivity contribution in [3.8, 4) is 5.75 Å². The van der Waals surface area contributed by atoms with Crippen molar-refractivity contribution in [1.29, 1.82) is 0 Å². The predicted molar refractivity (Wildman–Crippen MR) is 170 cm³/mol. The Bertz CT molecular complexity index is 1600. The molecule has 45 heavy (non-hydrogen) atoms. The van der Waals surface area contributed by atoms with E-state index in [0.717, 1.165) is 34.3 Å². The molecule has 0 spiro atoms. The molecule has 1 saturated heterocycles. The highest BCUT2D eigenvalue weighted by atomic mass is 16.6. The van der Waals surface area contributed by atoms with Crippen LogP contribution >= 0.6 is 0 Å². The maximum absolute atomic E-state index is 13.8. The maximum atomic E-state index is 13.8. The molecule has 0 bridgehead atoms. The maximum Gasteiger partial charge on any atom is 0.252 e. The number of ketones is 1. The van der Waals surface area contributed by atoms with Gasteiger partial charge in [-0.1, -0.05) is 60.7 Å². The highest BCUT2D eigenvalue weighted by molar-refractivity contribution is 6.03. The van der Waals surface area contributed by atoms with E-state index in [-0.39, 0.29) is 31.1 Å². The second kappa shape index (κ2) is 13.5. The third kappa shape index (κ3) is 7.49. The second-order valence-corrected chi connectivity index (χ2v) is 11.8. The summed E-state index contributed by atoms with van der Waals surface area (Å²) in [4.78, 5) is 53.9. The number of nitrogens with one attached hydrogen (secondary N) is 3. The van der Waals surface area contributed by atoms with Crippen LogP contribution in [-0.2, 0) is 36.8 Å². The molecule has 4 atom stereocenters. The predicted octanol–water partition coefficient (Wildman–Crippen LogP) is 3.46. The van der Waals surface area contributed by atoms with Gasteiger partial charge in [0.15, 0.2) is 5.78 Å². The smallest absolute Gasteiger partial charge is 0.252 e. The first-order valence-corrected chi connectivity index (χ1v) is 15.1. The van der Waals surface area contributed by atoms with E-state index in [9.17, 15) is 19.2 Å². The molecule has 2 aliphatic carbocycles. The molecular formula is C36H39N3O6. The molecule has 9 heteroatoms. The zero-order valence-corrected chi connectivity index (χ0v) is 26.0. The summed E-state index contributed by atoms with van der Waals surface area (Å²) in [5.41, 5.74) is 4.06. The fourth-order valence-electron chi connectivity index (χ4n) is 5.50. The molecule has 0 saturated carbocycles. The minimum Gasteiger partial charge on any atom is -0.497 e. The van der Waals surface area contributed by atoms with Crippen LogP contribution in [0.25, 0.3) is 0 Å². The number of carbonyl (C=O) groups is 4. The van der Waals surface area contributed by atoms with Gasteiger partial charge in [0.2, 0.25) is 11.8 Å². The summed E-state index contributed by atoms with van der Waals surface area (Å²) >= 11 is 0. The minimum absolute atomic E-state index is 0.152. The van der Waals surface area contributed by atoms with Gasteiger partial charge in [0.25, 0.3) is 5.91 Å². The highest BCUT2D eigenvalue weighted by Crippen LogP contribution is 2.34. The normalized spacial score (nSPS) is 20.2. The van der Waals surface area contributed by atoms with E-state index in [1.54, 1.807) is 33.1 Å². The summed E-state index contributed by atoms with van der Waals surface area (Å²) in [6, 6.07) is 13.8. The van der Waals surface area contributed by atoms with Crippen LogP contribution in [0, 0.1) is 0 Å². The standard InChI is InChI=1S/C36H39N3O6/c1-22-28-13-9-8-12-26(28)20-29(22)34(42)37-23(2)33(41)39-31(19-25-14-16-27(44-4)17-15-25)35(43)38-30(32(40)36(3)21-45-36)18-24-10-6-5-7-11-24/h5-7,9-17,20,23,30-31H,8,18-19,21H2,1-4H3,(H,37,42)(H,38,43)(H,39,41)/t23-,30+,31+,36-/m1/s1. The summed E-state index contributed by atoms with van der Waals surface area (Å²) in [5.74, 6) is -0.980. The first kappa shape index (κ1) is 31.7. The van der Waals surface area contributed by atoms with Crippen molar-refractivity contribution in [2.24, 2.45) is 0 Å². The second-order valence-electron chi connectivity index (χ2n) is 11.8. The number of fused-ring (bicyclic) bond motifs is 1. The first-order valence-electron chi connectivity index (χ1n) is 15.1. The van der Waals surface area contributed by atoms with Gasteiger partial charge >= 0.3 is 0 Å². The van der Waals surface area contributed by atoms with Crippen LogP contribution in [0.5, 0.6) is 5.75 Å². The molecule has 0 aromatic heterocycles. The van der Waals surface area contributed by atoms with Crippen LogP contribution in [0.3, 0.4) is 0 Å². The van der Waals surface area contributed by atoms with E-state index < -0.39 is 35.5 Å². The van der Waals surface area contributed by atoms with E-state index >= 15 is 0 Å². The molecule has 1 heterocycles. The van der Waals surface area contributed by atoms with Gasteiger partial charge in [-0.2, -0.15) is 0 Å². The molecule has 5 rings (SSSR count). The number of rotatable bonds is 13. The van der Waals surface area contributed by atoms with Crippen LogP contribution in [0.4, 0.5) is 0 Å². The zero-order chi connectivity index (χ0) is 32.1. The van der Waals surface area contributed by atoms with Crippen LogP contribution in [0.15, 0.2) is 101 Å². The average Bonchev–Trinajstić information content (AvgIpc) is 3.72. The van der Waals surface area contributed by atoms with E-state index in [2.05, 4.69) is 22.0 Å². The van der Waals surface area contributed by atoms with Gasteiger partial charge in [0.1, 0.15) is 23.4 Å². The van der Waals surface area contributed by atoms with Crippen molar-refractivity contribution in [2.75, 3.05) is 13.7 Å². The Kier molecular flexibility index (Phi) is 9.48. The molecule has 3 N–H and O–H groups in total. The summed E-state index contributed by atoms with van der Waals surface area (Å²) in [6.07, 6.45) is 9.17. The van der Waals surface area contributed by atoms with Gasteiger partial charge in [0, 0.05) is 12.0 Å². The molecular weight excluding hydrogens is 570 g/mol. The van der Waals surface area contributed by atoms with E-state index in [1.807, 2.05) is 67.6 Å². The number of benzene rings is 2. The van der Waals surface area contributed by atoms with Gasteiger partial charge < -0.3 is 25.4 Å². The van der Waals surface area contributed by atoms with Crippen molar-refractivity contribution in [2.45, 2.75) is 63.8 Å². The third-order valence-corrected chi connectivity index (χ3v) is 8.41. The van der Waals surface area contributed by atoms with E-state index in [4.69, 9.17) is 9.47 Å². The Morgan fingerprint density at radius 1 is 0.911 bits per heavy atom. The van der Waals surface area contributed by atoms with Crippen LogP contribution in [-0.4, -0.2) is 60.9 Å². The Morgan fingerprint density at radius 3 is 2.20 bits per heavy atom. The highest BCUT2D eigenvalue weighted by Gasteiger charge is 2.50. The number of methoxy groups -OCH3 is 1. The Labute approximate surface area is 263 Å². The van der Waals surface area contributed by atoms with E-state index in [1.165, 1.54) is 0 Å². The van der Waals surface area contributed by atoms with Crippen LogP contribution in [0.2, 0.25) is 0 Å². The number of epoxide rings is 1. The van der Waals surface area contributed by atoms with Crippen molar-refractivity contribution in [3.05, 3.63) is 112 Å². The number of hydrogen-bond acceptors (Lipinski definition) is 6. The summed E-state index contributed by atoms with van der Waals surface area (Å²) in [6.45, 7) is 5.46. The Hall–Kier alpha value is -4.76. The molecule has 1 fully saturated rings. The molecule has 0 unspecified atom stereocenters. The van der Waals surface area contributed by atoms with Gasteiger partial charge in [0.05, 0.1) is 19.8 Å². The molecule has 9 nitrogen and oxygen atoms in total. The molecule has 2 aromatic carbocycles. The van der Waals surface area contributed by atoms with Gasteiger partial charge in [-0.05, 0) is 79.7 Å². The third-order valence-electron chi connectivity index (χ3n) is 8.41. The lowest BCUT2D eigenvalue weighted by molar-refractivity contribution is -0.133. The average molecular weight is 610 g/mol. The van der Waals surface area contributed by atoms with Gasteiger partial charge in [-0.25, -0.2) is 0 Å². The topological polar surface area (TPSA) is 126 Å². The quantitative estimate of drug-likeness (QED) is 0.299. The zero-order valence-electron chi connectivity index (χ0n) is 26.0. The monoisotopic (exact) mass is 609 g/mol. The molecule has 234 valence electrons. The first-order chi connectivity index (χ1) is 21.6. The molecule has 3 amide bonds. The molecule has 1 aliphatic heterocycles. The number of carbonyl (C=O) groups excluding carboxylic acids is 4. The van der Waals surface area contributed by atoms with Crippen molar-refractivity contribution in [3.63, 3.8) is 0 Å². The summed E-state index contributed by atoms with van der Waals surface area (Å²) in [5, 5.41) is 8.50. The largest absolute Gasteiger partial charge is 0.497 e. The number of amides is 3. The fraction of sp³-hybridized carbons (Fsp3) is 0.333. The fourth-order valence-corrected chi connectivity index (χ4v) is 5.50. The van der Waals surface area contributed by atoms with Crippen LogP contribution in [0.1, 0.15) is 38.3 Å². The number of allylic oxidation sites excluding steroid dienone is 6. The van der Waals surface area contributed by atoms with Gasteiger partial charge in [-0.3, -0.25) is 19.2 Å². The number of hydrogen-bond donors (Lipinski definition) is 3. The van der Waals surface area contributed by atoms with Crippen LogP contribution < -0.4 is 20.7 Å². The number of ether oxygens (including phenoxy) is 2. The SMILES string of the molecule is COc1ccc(C[C@H](NC(=O)[C@@H](C)NC(=O)C2=CC3=CCC=CC3=C2C)C(=O)N[C@@H](Cc2ccccc2)C(=O)[C@@]2(C)CO2)cc1. The number of Topliss-reactive ketones (excluding diaryl/α,β-unsaturated/α-hetero) is 1. The minimum atomic E-state index is -1.03. The lowest BCUT2D eigenvalue weighted by Gasteiger charge is -2.25. The molecule has 2 aromatic rings. The lowest BCUT2D eigenvalue weighted by Crippen LogP contribution is -2.57. The summed E-state index contributed by atoms with van der Waals surface area (Å²) < 4.78 is 10.7. The van der Waals surface area contributed by atoms with E-state index in [0.29, 0.717) is 11.3 Å². The Morgan fingerprint density at radius 2 is 1.56 bits per heavy atom.